The van der Waals surface area contributed by atoms with Gasteiger partial charge in [0.2, 0.25) is 5.91 Å². The highest BCUT2D eigenvalue weighted by atomic mass is 32.1. The van der Waals surface area contributed by atoms with Gasteiger partial charge in [0.1, 0.15) is 4.83 Å². The molecule has 0 radical (unpaired) electrons. The molecule has 1 atom stereocenters. The molecule has 0 saturated carbocycles. The van der Waals surface area contributed by atoms with E-state index in [2.05, 4.69) is 84.0 Å². The number of H-pyrrole nitrogens is 1. The number of fused-ring (bicyclic) bond motifs is 3. The van der Waals surface area contributed by atoms with Crippen molar-refractivity contribution >= 4 is 33.5 Å². The maximum absolute atomic E-state index is 14.0. The van der Waals surface area contributed by atoms with E-state index in [-0.39, 0.29) is 12.1 Å². The Balaban J connectivity index is 1.10. The van der Waals surface area contributed by atoms with E-state index in [0.717, 1.165) is 94.0 Å². The number of carbonyl (C=O) groups excluding carboxylic acids is 2. The summed E-state index contributed by atoms with van der Waals surface area (Å²) in [5.41, 5.74) is 5.76. The molecule has 0 spiro atoms. The molecule has 4 aliphatic rings. The molecule has 6 heterocycles. The number of urea groups is 1. The zero-order valence-electron chi connectivity index (χ0n) is 27.7. The standard InChI is InChI=1S/C36H50N6O2S/c1-23-18-24(2)20-25(19-23)32-29(11-13-40-12-10-26(22-40)37-35(44)41-16-14-39(5)15-17-41)30-21-31(45-33(30)38-32)36(3,4)34(43)42-27-6-7-28(42)9-8-27/h18-21,26-28,38H,6-17,22H2,1-5H3,(H,37,44). The van der Waals surface area contributed by atoms with E-state index >= 15 is 0 Å². The highest BCUT2D eigenvalue weighted by Gasteiger charge is 2.47. The molecule has 3 amide bonds. The Bertz CT molecular complexity index is 1540. The largest absolute Gasteiger partial charge is 0.346 e. The second-order valence-corrected chi connectivity index (χ2v) is 15.8. The maximum atomic E-state index is 14.0. The Kier molecular flexibility index (Phi) is 8.23. The van der Waals surface area contributed by atoms with Gasteiger partial charge in [0.25, 0.3) is 0 Å². The fraction of sp³-hybridized carbons (Fsp3) is 0.611. The van der Waals surface area contributed by atoms with Gasteiger partial charge in [-0.25, -0.2) is 4.79 Å². The Hall–Kier alpha value is -2.88. The smallest absolute Gasteiger partial charge is 0.317 e. The lowest BCUT2D eigenvalue weighted by molar-refractivity contribution is -0.137. The Morgan fingerprint density at radius 1 is 0.933 bits per heavy atom. The topological polar surface area (TPSA) is 74.9 Å². The summed E-state index contributed by atoms with van der Waals surface area (Å²) < 4.78 is 0. The molecular weight excluding hydrogens is 581 g/mol. The van der Waals surface area contributed by atoms with E-state index in [0.29, 0.717) is 18.0 Å². The van der Waals surface area contributed by atoms with Crippen LogP contribution in [-0.4, -0.2) is 108 Å². The van der Waals surface area contributed by atoms with Gasteiger partial charge in [0, 0.05) is 74.2 Å². The first-order valence-corrected chi connectivity index (χ1v) is 17.9. The second kappa shape index (κ2) is 12.0. The van der Waals surface area contributed by atoms with Crippen LogP contribution in [0.25, 0.3) is 21.5 Å². The molecule has 3 aromatic rings. The van der Waals surface area contributed by atoms with E-state index in [4.69, 9.17) is 0 Å². The number of hydrogen-bond acceptors (Lipinski definition) is 5. The second-order valence-electron chi connectivity index (χ2n) is 14.8. The van der Waals surface area contributed by atoms with Crippen LogP contribution in [0.15, 0.2) is 24.3 Å². The van der Waals surface area contributed by atoms with Gasteiger partial charge in [-0.05, 0) is 103 Å². The van der Waals surface area contributed by atoms with Crippen LogP contribution in [0.5, 0.6) is 0 Å². The quantitative estimate of drug-likeness (QED) is 0.361. The van der Waals surface area contributed by atoms with E-state index in [1.54, 1.807) is 11.3 Å². The first-order chi connectivity index (χ1) is 21.6. The minimum atomic E-state index is -0.544. The SMILES string of the molecule is Cc1cc(C)cc(-c2[nH]c3sc(C(C)(C)C(=O)N4C5CCC4CC5)cc3c2CCN2CCC(NC(=O)N3CCN(C)CC3)C2)c1. The van der Waals surface area contributed by atoms with E-state index < -0.39 is 5.41 Å². The molecule has 9 heteroatoms. The number of carbonyl (C=O) groups is 2. The van der Waals surface area contributed by atoms with Crippen LogP contribution in [0.1, 0.15) is 67.5 Å². The van der Waals surface area contributed by atoms with Gasteiger partial charge in [-0.2, -0.15) is 0 Å². The van der Waals surface area contributed by atoms with Crippen LogP contribution >= 0.6 is 11.3 Å². The number of nitrogens with zero attached hydrogens (tertiary/aromatic N) is 4. The zero-order chi connectivity index (χ0) is 31.5. The van der Waals surface area contributed by atoms with Crippen LogP contribution in [-0.2, 0) is 16.6 Å². The lowest BCUT2D eigenvalue weighted by Gasteiger charge is -2.33. The fourth-order valence-corrected chi connectivity index (χ4v) is 9.52. The number of piperazine rings is 1. The van der Waals surface area contributed by atoms with Crippen molar-refractivity contribution in [1.29, 1.82) is 0 Å². The minimum absolute atomic E-state index is 0.0873. The molecule has 2 aromatic heterocycles. The van der Waals surface area contributed by atoms with Crippen molar-refractivity contribution in [1.82, 2.24) is 29.9 Å². The highest BCUT2D eigenvalue weighted by molar-refractivity contribution is 7.19. The zero-order valence-corrected chi connectivity index (χ0v) is 28.6. The first-order valence-electron chi connectivity index (χ1n) is 17.1. The molecule has 1 aromatic carbocycles. The number of hydrogen-bond donors (Lipinski definition) is 2. The molecule has 242 valence electrons. The van der Waals surface area contributed by atoms with Gasteiger partial charge in [-0.1, -0.05) is 17.2 Å². The lowest BCUT2D eigenvalue weighted by Crippen LogP contribution is -2.52. The minimum Gasteiger partial charge on any atom is -0.346 e. The number of rotatable bonds is 7. The van der Waals surface area contributed by atoms with Gasteiger partial charge in [-0.15, -0.1) is 11.3 Å². The summed E-state index contributed by atoms with van der Waals surface area (Å²) in [6.45, 7) is 14.9. The van der Waals surface area contributed by atoms with Crippen molar-refractivity contribution in [3.63, 3.8) is 0 Å². The van der Waals surface area contributed by atoms with Crippen molar-refractivity contribution < 1.29 is 9.59 Å². The maximum Gasteiger partial charge on any atom is 0.317 e. The van der Waals surface area contributed by atoms with Crippen LogP contribution in [0.4, 0.5) is 4.79 Å². The van der Waals surface area contributed by atoms with Gasteiger partial charge in [-0.3, -0.25) is 4.79 Å². The molecule has 2 N–H and O–H groups in total. The van der Waals surface area contributed by atoms with Gasteiger partial charge in [0.15, 0.2) is 0 Å². The molecular formula is C36H50N6O2S. The van der Waals surface area contributed by atoms with Crippen molar-refractivity contribution in [2.24, 2.45) is 0 Å². The van der Waals surface area contributed by atoms with Gasteiger partial charge >= 0.3 is 6.03 Å². The highest BCUT2D eigenvalue weighted by Crippen LogP contribution is 2.44. The predicted molar refractivity (Wildman–Crippen MR) is 183 cm³/mol. The Morgan fingerprint density at radius 2 is 1.60 bits per heavy atom. The molecule has 8 nitrogen and oxygen atoms in total. The van der Waals surface area contributed by atoms with Gasteiger partial charge in [0.05, 0.1) is 11.1 Å². The summed E-state index contributed by atoms with van der Waals surface area (Å²) in [5, 5.41) is 4.57. The van der Waals surface area contributed by atoms with Crippen molar-refractivity contribution in [3.05, 3.63) is 45.8 Å². The number of likely N-dealkylation sites (tertiary alicyclic amines) is 1. The Morgan fingerprint density at radius 3 is 2.27 bits per heavy atom. The van der Waals surface area contributed by atoms with Crippen molar-refractivity contribution in [2.45, 2.75) is 89.8 Å². The molecule has 7 rings (SSSR count). The first kappa shape index (κ1) is 30.8. The number of aromatic nitrogens is 1. The summed E-state index contributed by atoms with van der Waals surface area (Å²) >= 11 is 1.76. The average Bonchev–Trinajstić information content (AvgIpc) is 3.83. The normalized spacial score (nSPS) is 24.3. The number of amides is 3. The number of thiophene rings is 1. The van der Waals surface area contributed by atoms with E-state index in [1.165, 1.54) is 33.3 Å². The predicted octanol–water partition coefficient (Wildman–Crippen LogP) is 5.52. The summed E-state index contributed by atoms with van der Waals surface area (Å²) in [6.07, 6.45) is 6.57. The van der Waals surface area contributed by atoms with Gasteiger partial charge < -0.3 is 29.9 Å². The van der Waals surface area contributed by atoms with Crippen LogP contribution in [0.2, 0.25) is 0 Å². The number of aromatic amines is 1. The number of likely N-dealkylation sites (N-methyl/N-ethyl adjacent to an activating group) is 1. The molecule has 1 unspecified atom stereocenters. The van der Waals surface area contributed by atoms with Crippen LogP contribution in [0.3, 0.4) is 0 Å². The molecule has 4 saturated heterocycles. The molecule has 0 aliphatic carbocycles. The number of benzene rings is 1. The van der Waals surface area contributed by atoms with Crippen molar-refractivity contribution in [2.75, 3.05) is 52.9 Å². The fourth-order valence-electron chi connectivity index (χ4n) is 8.34. The monoisotopic (exact) mass is 630 g/mol. The molecule has 4 fully saturated rings. The Labute approximate surface area is 272 Å². The number of nitrogens with one attached hydrogen (secondary N) is 2. The summed E-state index contributed by atoms with van der Waals surface area (Å²) in [6, 6.07) is 10.3. The molecule has 2 bridgehead atoms. The third-order valence-corrected chi connectivity index (χ3v) is 12.4. The molecule has 4 aliphatic heterocycles. The third kappa shape index (κ3) is 5.92. The molecule has 45 heavy (non-hydrogen) atoms. The third-order valence-electron chi connectivity index (χ3n) is 11.0. The summed E-state index contributed by atoms with van der Waals surface area (Å²) in [5.74, 6) is 0.300. The average molecular weight is 631 g/mol. The van der Waals surface area contributed by atoms with Crippen LogP contribution in [0, 0.1) is 13.8 Å². The van der Waals surface area contributed by atoms with Crippen LogP contribution < -0.4 is 5.32 Å². The van der Waals surface area contributed by atoms with E-state index in [1.807, 2.05) is 4.90 Å². The lowest BCUT2D eigenvalue weighted by atomic mass is 9.88. The van der Waals surface area contributed by atoms with Crippen molar-refractivity contribution in [3.8, 4) is 11.3 Å². The summed E-state index contributed by atoms with van der Waals surface area (Å²) in [4.78, 5) is 42.0. The number of aryl methyl sites for hydroxylation is 2. The summed E-state index contributed by atoms with van der Waals surface area (Å²) in [7, 11) is 2.11. The van der Waals surface area contributed by atoms with E-state index in [9.17, 15) is 9.59 Å².